The summed E-state index contributed by atoms with van der Waals surface area (Å²) in [4.78, 5) is 8.16. The fraction of sp³-hybridized carbons (Fsp3) is 0.0909. The molecule has 0 fully saturated rings. The second-order valence-corrected chi connectivity index (χ2v) is 4.40. The predicted octanol–water partition coefficient (Wildman–Crippen LogP) is 4.03. The van der Waals surface area contributed by atoms with Gasteiger partial charge in [-0.05, 0) is 17.7 Å². The summed E-state index contributed by atoms with van der Waals surface area (Å²) >= 11 is 17.7. The molecule has 16 heavy (non-hydrogen) atoms. The van der Waals surface area contributed by atoms with Crippen molar-refractivity contribution in [1.29, 1.82) is 0 Å². The summed E-state index contributed by atoms with van der Waals surface area (Å²) < 4.78 is 0. The van der Waals surface area contributed by atoms with Crippen LogP contribution in [0.1, 0.15) is 11.3 Å². The van der Waals surface area contributed by atoms with Crippen LogP contribution in [0.2, 0.25) is 15.2 Å². The second kappa shape index (κ2) is 5.00. The van der Waals surface area contributed by atoms with E-state index in [0.29, 0.717) is 22.2 Å². The van der Waals surface area contributed by atoms with E-state index >= 15 is 0 Å². The van der Waals surface area contributed by atoms with E-state index in [-0.39, 0.29) is 5.15 Å². The van der Waals surface area contributed by atoms with Crippen LogP contribution in [0.4, 0.5) is 0 Å². The molecule has 0 bridgehead atoms. The molecule has 0 radical (unpaired) electrons. The first-order valence-corrected chi connectivity index (χ1v) is 5.69. The second-order valence-electron chi connectivity index (χ2n) is 3.23. The van der Waals surface area contributed by atoms with Gasteiger partial charge in [0.25, 0.3) is 0 Å². The Morgan fingerprint density at radius 3 is 2.62 bits per heavy atom. The molecule has 0 aromatic carbocycles. The Morgan fingerprint density at radius 2 is 1.94 bits per heavy atom. The number of nitrogens with zero attached hydrogens (tertiary/aromatic N) is 2. The lowest BCUT2D eigenvalue weighted by atomic mass is 10.1. The first-order chi connectivity index (χ1) is 7.66. The predicted molar refractivity (Wildman–Crippen MR) is 66.3 cm³/mol. The Hall–Kier alpha value is -0.830. The SMILES string of the molecule is Clc1cc(Cl)c(Cc2cccnc2)nc1Cl. The fourth-order valence-corrected chi connectivity index (χ4v) is 1.88. The highest BCUT2D eigenvalue weighted by Gasteiger charge is 2.08. The van der Waals surface area contributed by atoms with Crippen LogP contribution < -0.4 is 0 Å². The van der Waals surface area contributed by atoms with Gasteiger partial charge in [-0.25, -0.2) is 4.98 Å². The summed E-state index contributed by atoms with van der Waals surface area (Å²) in [6.07, 6.45) is 4.07. The van der Waals surface area contributed by atoms with E-state index in [0.717, 1.165) is 5.56 Å². The third-order valence-corrected chi connectivity index (χ3v) is 3.05. The van der Waals surface area contributed by atoms with Crippen molar-refractivity contribution in [3.05, 3.63) is 57.0 Å². The number of aromatic nitrogens is 2. The number of rotatable bonds is 2. The average molecular weight is 274 g/mol. The largest absolute Gasteiger partial charge is 0.264 e. The quantitative estimate of drug-likeness (QED) is 0.772. The molecule has 5 heteroatoms. The van der Waals surface area contributed by atoms with Crippen molar-refractivity contribution in [3.8, 4) is 0 Å². The Kier molecular flexibility index (Phi) is 3.64. The number of halogens is 3. The first-order valence-electron chi connectivity index (χ1n) is 4.56. The highest BCUT2D eigenvalue weighted by atomic mass is 35.5. The molecule has 0 aliphatic heterocycles. The van der Waals surface area contributed by atoms with Gasteiger partial charge in [-0.1, -0.05) is 40.9 Å². The zero-order valence-corrected chi connectivity index (χ0v) is 10.4. The monoisotopic (exact) mass is 272 g/mol. The lowest BCUT2D eigenvalue weighted by Crippen LogP contribution is -1.95. The molecule has 2 rings (SSSR count). The van der Waals surface area contributed by atoms with Crippen LogP contribution in [-0.4, -0.2) is 9.97 Å². The minimum absolute atomic E-state index is 0.268. The van der Waals surface area contributed by atoms with Crippen LogP contribution in [0.5, 0.6) is 0 Å². The van der Waals surface area contributed by atoms with Gasteiger partial charge < -0.3 is 0 Å². The van der Waals surface area contributed by atoms with Crippen LogP contribution >= 0.6 is 34.8 Å². The lowest BCUT2D eigenvalue weighted by Gasteiger charge is -2.05. The van der Waals surface area contributed by atoms with Gasteiger partial charge in [0.2, 0.25) is 0 Å². The van der Waals surface area contributed by atoms with Crippen molar-refractivity contribution in [2.45, 2.75) is 6.42 Å². The van der Waals surface area contributed by atoms with E-state index in [2.05, 4.69) is 9.97 Å². The highest BCUT2D eigenvalue weighted by Crippen LogP contribution is 2.26. The summed E-state index contributed by atoms with van der Waals surface area (Å²) in [5, 5.41) is 1.14. The Labute approximate surface area is 108 Å². The van der Waals surface area contributed by atoms with E-state index in [4.69, 9.17) is 34.8 Å². The third kappa shape index (κ3) is 2.64. The van der Waals surface area contributed by atoms with E-state index in [1.807, 2.05) is 12.1 Å². The van der Waals surface area contributed by atoms with Gasteiger partial charge >= 0.3 is 0 Å². The Balaban J connectivity index is 2.32. The zero-order valence-electron chi connectivity index (χ0n) is 8.12. The highest BCUT2D eigenvalue weighted by molar-refractivity contribution is 6.42. The first kappa shape index (κ1) is 11.6. The van der Waals surface area contributed by atoms with Crippen molar-refractivity contribution in [3.63, 3.8) is 0 Å². The van der Waals surface area contributed by atoms with Gasteiger partial charge in [-0.2, -0.15) is 0 Å². The van der Waals surface area contributed by atoms with Gasteiger partial charge in [0.15, 0.2) is 0 Å². The molecule has 2 nitrogen and oxygen atoms in total. The molecule has 0 unspecified atom stereocenters. The number of hydrogen-bond donors (Lipinski definition) is 0. The van der Waals surface area contributed by atoms with Gasteiger partial charge in [0, 0.05) is 18.8 Å². The molecule has 2 aromatic heterocycles. The summed E-state index contributed by atoms with van der Waals surface area (Å²) in [5.41, 5.74) is 1.72. The summed E-state index contributed by atoms with van der Waals surface area (Å²) in [6, 6.07) is 5.42. The molecule has 82 valence electrons. The number of hydrogen-bond acceptors (Lipinski definition) is 2. The molecule has 0 aliphatic rings. The molecule has 2 heterocycles. The molecule has 0 amide bonds. The van der Waals surface area contributed by atoms with E-state index in [1.54, 1.807) is 18.5 Å². The van der Waals surface area contributed by atoms with Gasteiger partial charge in [0.05, 0.1) is 15.7 Å². The van der Waals surface area contributed by atoms with Crippen LogP contribution in [0.15, 0.2) is 30.6 Å². The van der Waals surface area contributed by atoms with Crippen molar-refractivity contribution >= 4 is 34.8 Å². The topological polar surface area (TPSA) is 25.8 Å². The molecular formula is C11H7Cl3N2. The molecule has 0 spiro atoms. The maximum Gasteiger partial charge on any atom is 0.148 e. The number of pyridine rings is 2. The van der Waals surface area contributed by atoms with E-state index in [9.17, 15) is 0 Å². The van der Waals surface area contributed by atoms with Crippen molar-refractivity contribution in [2.75, 3.05) is 0 Å². The molecule has 0 N–H and O–H groups in total. The Morgan fingerprint density at radius 1 is 1.12 bits per heavy atom. The molecule has 2 aromatic rings. The fourth-order valence-electron chi connectivity index (χ4n) is 1.30. The minimum atomic E-state index is 0.268. The van der Waals surface area contributed by atoms with Crippen LogP contribution in [0, 0.1) is 0 Å². The van der Waals surface area contributed by atoms with E-state index < -0.39 is 0 Å². The summed E-state index contributed by atoms with van der Waals surface area (Å²) in [6.45, 7) is 0. The standard InChI is InChI=1S/C11H7Cl3N2/c12-8-5-9(13)11(14)16-10(8)4-7-2-1-3-15-6-7/h1-3,5-6H,4H2. The molecule has 0 aliphatic carbocycles. The van der Waals surface area contributed by atoms with Crippen molar-refractivity contribution in [2.24, 2.45) is 0 Å². The zero-order chi connectivity index (χ0) is 11.5. The molecular weight excluding hydrogens is 266 g/mol. The minimum Gasteiger partial charge on any atom is -0.264 e. The maximum absolute atomic E-state index is 6.03. The Bertz CT molecular complexity index is 500. The molecule has 0 atom stereocenters. The average Bonchev–Trinajstić information content (AvgIpc) is 2.27. The van der Waals surface area contributed by atoms with E-state index in [1.165, 1.54) is 0 Å². The van der Waals surface area contributed by atoms with Gasteiger partial charge in [-0.3, -0.25) is 4.98 Å². The van der Waals surface area contributed by atoms with Crippen molar-refractivity contribution < 1.29 is 0 Å². The third-order valence-electron chi connectivity index (χ3n) is 2.05. The molecule has 0 saturated carbocycles. The van der Waals surface area contributed by atoms with Gasteiger partial charge in [0.1, 0.15) is 5.15 Å². The van der Waals surface area contributed by atoms with Crippen LogP contribution in [0.25, 0.3) is 0 Å². The summed E-state index contributed by atoms with van der Waals surface area (Å²) in [7, 11) is 0. The van der Waals surface area contributed by atoms with Crippen LogP contribution in [-0.2, 0) is 6.42 Å². The smallest absolute Gasteiger partial charge is 0.148 e. The van der Waals surface area contributed by atoms with Crippen LogP contribution in [0.3, 0.4) is 0 Å². The van der Waals surface area contributed by atoms with Gasteiger partial charge in [-0.15, -0.1) is 0 Å². The maximum atomic E-state index is 6.03. The summed E-state index contributed by atoms with van der Waals surface area (Å²) in [5.74, 6) is 0. The molecule has 0 saturated heterocycles. The normalized spacial score (nSPS) is 10.4. The lowest BCUT2D eigenvalue weighted by molar-refractivity contribution is 1.06. The van der Waals surface area contributed by atoms with Crippen molar-refractivity contribution in [1.82, 2.24) is 9.97 Å².